The highest BCUT2D eigenvalue weighted by atomic mass is 32.2. The molecule has 0 aromatic carbocycles. The van der Waals surface area contributed by atoms with E-state index in [4.69, 9.17) is 4.99 Å². The summed E-state index contributed by atoms with van der Waals surface area (Å²) in [4.78, 5) is 4.84. The molecule has 2 fully saturated rings. The van der Waals surface area contributed by atoms with Gasteiger partial charge in [-0.3, -0.25) is 4.99 Å². The van der Waals surface area contributed by atoms with Crippen LogP contribution in [0.4, 0.5) is 0 Å². The van der Waals surface area contributed by atoms with E-state index in [-0.39, 0.29) is 0 Å². The molecule has 2 saturated carbocycles. The summed E-state index contributed by atoms with van der Waals surface area (Å²) < 4.78 is 0. The van der Waals surface area contributed by atoms with Crippen LogP contribution in [0.1, 0.15) is 52.4 Å². The standard InChI is InChI=1S/C15H26N2S/c1-3-15(4-2)9-16-14(18-10-15)17-13-8-11-5-6-12(13)7-11/h11-13H,3-10H2,1-2H3,(H,16,17). The summed E-state index contributed by atoms with van der Waals surface area (Å²) in [6.07, 6.45) is 8.34. The number of aliphatic imine (C=N–C) groups is 1. The Morgan fingerprint density at radius 2 is 2.11 bits per heavy atom. The van der Waals surface area contributed by atoms with Crippen molar-refractivity contribution >= 4 is 16.9 Å². The van der Waals surface area contributed by atoms with Crippen LogP contribution in [0.25, 0.3) is 0 Å². The van der Waals surface area contributed by atoms with Crippen molar-refractivity contribution in [3.05, 3.63) is 0 Å². The normalized spacial score (nSPS) is 37.7. The number of hydrogen-bond donors (Lipinski definition) is 1. The fourth-order valence-electron chi connectivity index (χ4n) is 3.90. The first kappa shape index (κ1) is 12.8. The molecule has 0 spiro atoms. The van der Waals surface area contributed by atoms with Crippen molar-refractivity contribution in [1.82, 2.24) is 5.32 Å². The number of hydrogen-bond acceptors (Lipinski definition) is 3. The molecule has 0 aromatic rings. The van der Waals surface area contributed by atoms with Crippen LogP contribution in [-0.2, 0) is 0 Å². The molecule has 2 bridgehead atoms. The summed E-state index contributed by atoms with van der Waals surface area (Å²) in [5, 5.41) is 4.99. The Balaban J connectivity index is 1.57. The van der Waals surface area contributed by atoms with Crippen molar-refractivity contribution in [1.29, 1.82) is 0 Å². The lowest BCUT2D eigenvalue weighted by Gasteiger charge is -2.35. The van der Waals surface area contributed by atoms with Gasteiger partial charge in [0.2, 0.25) is 0 Å². The molecule has 0 radical (unpaired) electrons. The Hall–Kier alpha value is -0.180. The second-order valence-corrected chi connectivity index (χ2v) is 7.51. The second-order valence-electron chi connectivity index (χ2n) is 6.54. The number of fused-ring (bicyclic) bond motifs is 2. The minimum Gasteiger partial charge on any atom is -0.362 e. The van der Waals surface area contributed by atoms with Crippen molar-refractivity contribution in [3.8, 4) is 0 Å². The Morgan fingerprint density at radius 1 is 1.28 bits per heavy atom. The minimum atomic E-state index is 0.477. The van der Waals surface area contributed by atoms with Gasteiger partial charge in [-0.15, -0.1) is 0 Å². The van der Waals surface area contributed by atoms with Crippen LogP contribution in [0.3, 0.4) is 0 Å². The molecule has 3 heteroatoms. The molecule has 1 aliphatic heterocycles. The molecule has 1 N–H and O–H groups in total. The molecule has 18 heavy (non-hydrogen) atoms. The quantitative estimate of drug-likeness (QED) is 0.843. The van der Waals surface area contributed by atoms with Gasteiger partial charge >= 0.3 is 0 Å². The topological polar surface area (TPSA) is 24.4 Å². The van der Waals surface area contributed by atoms with E-state index in [0.717, 1.165) is 24.4 Å². The maximum absolute atomic E-state index is 4.84. The van der Waals surface area contributed by atoms with Gasteiger partial charge in [-0.05, 0) is 49.4 Å². The van der Waals surface area contributed by atoms with Gasteiger partial charge in [0.05, 0.1) is 0 Å². The molecule has 2 aliphatic carbocycles. The van der Waals surface area contributed by atoms with Crippen molar-refractivity contribution in [2.24, 2.45) is 22.2 Å². The zero-order valence-corrected chi connectivity index (χ0v) is 12.6. The average molecular weight is 266 g/mol. The van der Waals surface area contributed by atoms with Gasteiger partial charge < -0.3 is 5.32 Å². The zero-order chi connectivity index (χ0) is 12.6. The SMILES string of the molecule is CCC1(CC)CN=C(NC2CC3CCC2C3)SC1. The molecule has 1 heterocycles. The van der Waals surface area contributed by atoms with Crippen LogP contribution in [0.2, 0.25) is 0 Å². The summed E-state index contributed by atoms with van der Waals surface area (Å²) in [7, 11) is 0. The molecule has 0 amide bonds. The first-order chi connectivity index (χ1) is 8.74. The van der Waals surface area contributed by atoms with Gasteiger partial charge in [-0.25, -0.2) is 0 Å². The van der Waals surface area contributed by atoms with Crippen LogP contribution in [-0.4, -0.2) is 23.5 Å². The van der Waals surface area contributed by atoms with Gasteiger partial charge in [0.15, 0.2) is 5.17 Å². The van der Waals surface area contributed by atoms with Crippen LogP contribution in [0.5, 0.6) is 0 Å². The lowest BCUT2D eigenvalue weighted by molar-refractivity contribution is 0.317. The largest absolute Gasteiger partial charge is 0.362 e. The molecular weight excluding hydrogens is 240 g/mol. The van der Waals surface area contributed by atoms with Gasteiger partial charge in [-0.2, -0.15) is 0 Å². The summed E-state index contributed by atoms with van der Waals surface area (Å²) in [5.74, 6) is 3.22. The predicted octanol–water partition coefficient (Wildman–Crippen LogP) is 3.67. The fraction of sp³-hybridized carbons (Fsp3) is 0.933. The maximum Gasteiger partial charge on any atom is 0.156 e. The first-order valence-electron chi connectivity index (χ1n) is 7.68. The average Bonchev–Trinajstić information content (AvgIpc) is 3.02. The number of nitrogens with one attached hydrogen (secondary N) is 1. The van der Waals surface area contributed by atoms with E-state index in [0.29, 0.717) is 5.41 Å². The Kier molecular flexibility index (Phi) is 3.61. The molecule has 0 aromatic heterocycles. The van der Waals surface area contributed by atoms with Crippen LogP contribution in [0, 0.1) is 17.3 Å². The number of amidine groups is 1. The van der Waals surface area contributed by atoms with Gasteiger partial charge in [0, 0.05) is 18.3 Å². The maximum atomic E-state index is 4.84. The zero-order valence-electron chi connectivity index (χ0n) is 11.7. The lowest BCUT2D eigenvalue weighted by Crippen LogP contribution is -2.41. The highest BCUT2D eigenvalue weighted by Gasteiger charge is 2.40. The monoisotopic (exact) mass is 266 g/mol. The van der Waals surface area contributed by atoms with E-state index in [9.17, 15) is 0 Å². The Bertz CT molecular complexity index is 335. The minimum absolute atomic E-state index is 0.477. The van der Waals surface area contributed by atoms with E-state index >= 15 is 0 Å². The number of rotatable bonds is 3. The van der Waals surface area contributed by atoms with Crippen molar-refractivity contribution < 1.29 is 0 Å². The third-order valence-electron chi connectivity index (χ3n) is 5.62. The fourth-order valence-corrected chi connectivity index (χ4v) is 5.23. The van der Waals surface area contributed by atoms with E-state index < -0.39 is 0 Å². The third kappa shape index (κ3) is 2.31. The summed E-state index contributed by atoms with van der Waals surface area (Å²) in [5.41, 5.74) is 0.477. The van der Waals surface area contributed by atoms with Crippen molar-refractivity contribution in [3.63, 3.8) is 0 Å². The van der Waals surface area contributed by atoms with E-state index in [1.54, 1.807) is 0 Å². The van der Waals surface area contributed by atoms with E-state index in [2.05, 4.69) is 19.2 Å². The third-order valence-corrected chi connectivity index (χ3v) is 6.90. The Morgan fingerprint density at radius 3 is 2.61 bits per heavy atom. The van der Waals surface area contributed by atoms with Crippen LogP contribution in [0.15, 0.2) is 4.99 Å². The smallest absolute Gasteiger partial charge is 0.156 e. The first-order valence-corrected chi connectivity index (χ1v) is 8.67. The van der Waals surface area contributed by atoms with E-state index in [1.807, 2.05) is 11.8 Å². The molecule has 3 aliphatic rings. The highest BCUT2D eigenvalue weighted by molar-refractivity contribution is 8.13. The van der Waals surface area contributed by atoms with Gasteiger partial charge in [-0.1, -0.05) is 32.0 Å². The predicted molar refractivity (Wildman–Crippen MR) is 80.1 cm³/mol. The second kappa shape index (κ2) is 5.07. The molecule has 3 unspecified atom stereocenters. The van der Waals surface area contributed by atoms with Crippen LogP contribution < -0.4 is 5.32 Å². The van der Waals surface area contributed by atoms with Gasteiger partial charge in [0.25, 0.3) is 0 Å². The number of nitrogens with zero attached hydrogens (tertiary/aromatic N) is 1. The molecule has 2 nitrogen and oxygen atoms in total. The number of thioether (sulfide) groups is 1. The van der Waals surface area contributed by atoms with Crippen molar-refractivity contribution in [2.75, 3.05) is 12.3 Å². The van der Waals surface area contributed by atoms with Gasteiger partial charge in [0.1, 0.15) is 0 Å². The summed E-state index contributed by atoms with van der Waals surface area (Å²) in [6, 6.07) is 0.741. The molecule has 3 atom stereocenters. The van der Waals surface area contributed by atoms with Crippen LogP contribution >= 0.6 is 11.8 Å². The molecular formula is C15H26N2S. The highest BCUT2D eigenvalue weighted by Crippen LogP contribution is 2.45. The Labute approximate surface area is 115 Å². The lowest BCUT2D eigenvalue weighted by atomic mass is 9.84. The molecule has 0 saturated heterocycles. The van der Waals surface area contributed by atoms with Crippen molar-refractivity contribution in [2.45, 2.75) is 58.4 Å². The molecule has 3 rings (SSSR count). The molecule has 102 valence electrons. The van der Waals surface area contributed by atoms with E-state index in [1.165, 1.54) is 49.4 Å². The summed E-state index contributed by atoms with van der Waals surface area (Å²) in [6.45, 7) is 5.66. The summed E-state index contributed by atoms with van der Waals surface area (Å²) >= 11 is 1.97.